The van der Waals surface area contributed by atoms with Crippen molar-refractivity contribution in [2.75, 3.05) is 11.6 Å². The molecule has 1 N–H and O–H groups in total. The Balaban J connectivity index is 2.05. The number of amides is 2. The maximum absolute atomic E-state index is 14.4. The van der Waals surface area contributed by atoms with Crippen LogP contribution in [-0.4, -0.2) is 34.6 Å². The van der Waals surface area contributed by atoms with Gasteiger partial charge in [0.2, 0.25) is 0 Å². The molecule has 0 aliphatic carbocycles. The minimum atomic E-state index is -5.24. The van der Waals surface area contributed by atoms with Gasteiger partial charge in [0.25, 0.3) is 5.91 Å². The molecule has 0 radical (unpaired) electrons. The Morgan fingerprint density at radius 3 is 2.55 bits per heavy atom. The van der Waals surface area contributed by atoms with Crippen LogP contribution in [0.25, 0.3) is 11.1 Å². The van der Waals surface area contributed by atoms with Crippen molar-refractivity contribution in [2.24, 2.45) is 4.36 Å². The Kier molecular flexibility index (Phi) is 5.11. The molecule has 0 bridgehead atoms. The number of alkyl halides is 3. The molecule has 154 valence electrons. The zero-order valence-corrected chi connectivity index (χ0v) is 15.9. The molecule has 0 fully saturated rings. The number of anilines is 1. The summed E-state index contributed by atoms with van der Waals surface area (Å²) in [5.74, 6) is -3.82. The van der Waals surface area contributed by atoms with Crippen LogP contribution in [0.2, 0.25) is 0 Å². The minimum absolute atomic E-state index is 0.0858. The zero-order chi connectivity index (χ0) is 21.6. The average molecular weight is 430 g/mol. The molecule has 1 aliphatic rings. The van der Waals surface area contributed by atoms with Gasteiger partial charge in [0.1, 0.15) is 0 Å². The van der Waals surface area contributed by atoms with E-state index in [0.717, 1.165) is 12.3 Å². The highest BCUT2D eigenvalue weighted by Gasteiger charge is 2.39. The smallest absolute Gasteiger partial charge is 0.474 e. The maximum atomic E-state index is 14.4. The lowest BCUT2D eigenvalue weighted by Crippen LogP contribution is -2.34. The quantitative estimate of drug-likeness (QED) is 0.736. The van der Waals surface area contributed by atoms with Crippen LogP contribution in [0.5, 0.6) is 5.75 Å². The molecule has 0 spiro atoms. The van der Waals surface area contributed by atoms with Gasteiger partial charge in [0, 0.05) is 11.2 Å². The van der Waals surface area contributed by atoms with Crippen molar-refractivity contribution in [2.45, 2.75) is 24.1 Å². The first-order chi connectivity index (χ1) is 13.4. The van der Waals surface area contributed by atoms with E-state index in [1.807, 2.05) is 0 Å². The van der Waals surface area contributed by atoms with E-state index in [0.29, 0.717) is 5.56 Å². The first kappa shape index (κ1) is 20.8. The van der Waals surface area contributed by atoms with Crippen LogP contribution in [-0.2, 0) is 19.3 Å². The summed E-state index contributed by atoms with van der Waals surface area (Å²) in [6, 6.07) is 7.90. The summed E-state index contributed by atoms with van der Waals surface area (Å²) in [7, 11) is -3.70. The van der Waals surface area contributed by atoms with Gasteiger partial charge in [-0.3, -0.25) is 9.59 Å². The predicted octanol–water partition coefficient (Wildman–Crippen LogP) is 3.76. The van der Waals surface area contributed by atoms with Gasteiger partial charge in [-0.05, 0) is 42.3 Å². The minimum Gasteiger partial charge on any atom is -0.476 e. The SMILES string of the molecule is C[C@H]1Oc2c(F)cc(-c3cccc(S(C)(=O)=NC(=O)C(F)(F)F)c3)cc2NC1=O. The van der Waals surface area contributed by atoms with Gasteiger partial charge in [-0.2, -0.15) is 13.2 Å². The second-order valence-corrected chi connectivity index (χ2v) is 8.57. The number of carbonyl (C=O) groups excluding carboxylic acids is 2. The maximum Gasteiger partial charge on any atom is 0.474 e. The predicted molar refractivity (Wildman–Crippen MR) is 96.4 cm³/mol. The lowest BCUT2D eigenvalue weighted by atomic mass is 10.0. The van der Waals surface area contributed by atoms with Crippen molar-refractivity contribution < 1.29 is 36.1 Å². The standard InChI is InChI=1S/C18H14F4N2O4S/c1-9-16(25)23-14-8-11(7-13(19)15(14)28-9)10-4-3-5-12(6-10)29(2,27)24-17(26)18(20,21)22/h3-9H,1-2H3,(H,23,25)/t9-,29?/m1/s1. The van der Waals surface area contributed by atoms with Crippen molar-refractivity contribution >= 4 is 27.2 Å². The van der Waals surface area contributed by atoms with E-state index in [1.165, 1.54) is 37.3 Å². The molecule has 2 atom stereocenters. The Hall–Kier alpha value is -2.95. The van der Waals surface area contributed by atoms with Crippen LogP contribution in [0.4, 0.5) is 23.2 Å². The molecule has 2 amide bonds. The van der Waals surface area contributed by atoms with Crippen LogP contribution >= 0.6 is 0 Å². The molecule has 29 heavy (non-hydrogen) atoms. The third-order valence-electron chi connectivity index (χ3n) is 4.07. The molecule has 0 aromatic heterocycles. The monoisotopic (exact) mass is 430 g/mol. The van der Waals surface area contributed by atoms with Gasteiger partial charge in [0.15, 0.2) is 17.7 Å². The number of halogens is 4. The molecule has 0 saturated heterocycles. The third-order valence-corrected chi connectivity index (χ3v) is 5.71. The van der Waals surface area contributed by atoms with E-state index >= 15 is 0 Å². The number of benzene rings is 2. The van der Waals surface area contributed by atoms with Crippen molar-refractivity contribution in [1.29, 1.82) is 0 Å². The fourth-order valence-corrected chi connectivity index (χ4v) is 3.81. The van der Waals surface area contributed by atoms with Crippen LogP contribution in [0.1, 0.15) is 6.92 Å². The molecule has 1 aliphatic heterocycles. The van der Waals surface area contributed by atoms with Gasteiger partial charge in [-0.15, -0.1) is 4.36 Å². The number of nitrogens with zero attached hydrogens (tertiary/aromatic N) is 1. The van der Waals surface area contributed by atoms with E-state index in [-0.39, 0.29) is 21.9 Å². The van der Waals surface area contributed by atoms with E-state index in [4.69, 9.17) is 4.74 Å². The van der Waals surface area contributed by atoms with Crippen molar-refractivity contribution in [3.05, 3.63) is 42.2 Å². The largest absolute Gasteiger partial charge is 0.476 e. The lowest BCUT2D eigenvalue weighted by Gasteiger charge is -2.24. The van der Waals surface area contributed by atoms with E-state index in [2.05, 4.69) is 9.68 Å². The summed E-state index contributed by atoms with van der Waals surface area (Å²) in [6.07, 6.45) is -5.21. The van der Waals surface area contributed by atoms with Gasteiger partial charge in [-0.1, -0.05) is 12.1 Å². The fraction of sp³-hybridized carbons (Fsp3) is 0.222. The van der Waals surface area contributed by atoms with Crippen molar-refractivity contribution in [3.63, 3.8) is 0 Å². The van der Waals surface area contributed by atoms with Gasteiger partial charge >= 0.3 is 12.1 Å². The lowest BCUT2D eigenvalue weighted by molar-refractivity contribution is -0.169. The Morgan fingerprint density at radius 1 is 1.21 bits per heavy atom. The summed E-state index contributed by atoms with van der Waals surface area (Å²) in [6.45, 7) is 1.46. The number of nitrogens with one attached hydrogen (secondary N) is 1. The van der Waals surface area contributed by atoms with Crippen molar-refractivity contribution in [3.8, 4) is 16.9 Å². The van der Waals surface area contributed by atoms with Crippen LogP contribution in [0.15, 0.2) is 45.7 Å². The number of ether oxygens (including phenoxy) is 1. The molecule has 6 nitrogen and oxygen atoms in total. The highest BCUT2D eigenvalue weighted by atomic mass is 32.2. The van der Waals surface area contributed by atoms with Gasteiger partial charge < -0.3 is 10.1 Å². The molecule has 11 heteroatoms. The summed E-state index contributed by atoms with van der Waals surface area (Å²) >= 11 is 0. The van der Waals surface area contributed by atoms with Crippen LogP contribution < -0.4 is 10.1 Å². The van der Waals surface area contributed by atoms with E-state index in [9.17, 15) is 31.4 Å². The fourth-order valence-electron chi connectivity index (χ4n) is 2.61. The molecule has 2 aromatic rings. The number of hydrogen-bond donors (Lipinski definition) is 1. The highest BCUT2D eigenvalue weighted by Crippen LogP contribution is 2.37. The summed E-state index contributed by atoms with van der Waals surface area (Å²) < 4.78 is 72.4. The Bertz CT molecular complexity index is 1140. The number of carbonyl (C=O) groups is 2. The van der Waals surface area contributed by atoms with Crippen molar-refractivity contribution in [1.82, 2.24) is 0 Å². The first-order valence-electron chi connectivity index (χ1n) is 8.13. The molecule has 1 heterocycles. The summed E-state index contributed by atoms with van der Waals surface area (Å²) in [5, 5.41) is 2.50. The number of fused-ring (bicyclic) bond motifs is 1. The third kappa shape index (κ3) is 4.24. The molecular formula is C18H14F4N2O4S. The molecule has 3 rings (SSSR count). The molecule has 2 aromatic carbocycles. The molecular weight excluding hydrogens is 416 g/mol. The number of rotatable bonds is 2. The highest BCUT2D eigenvalue weighted by molar-refractivity contribution is 7.93. The van der Waals surface area contributed by atoms with Gasteiger partial charge in [-0.25, -0.2) is 8.60 Å². The second kappa shape index (κ2) is 7.14. The topological polar surface area (TPSA) is 84.8 Å². The Labute approximate surface area is 163 Å². The first-order valence-corrected chi connectivity index (χ1v) is 10.1. The average Bonchev–Trinajstić information content (AvgIpc) is 2.62. The van der Waals surface area contributed by atoms with Crippen LogP contribution in [0.3, 0.4) is 0 Å². The second-order valence-electron chi connectivity index (χ2n) is 6.31. The zero-order valence-electron chi connectivity index (χ0n) is 15.0. The van der Waals surface area contributed by atoms with E-state index in [1.54, 1.807) is 0 Å². The number of hydrogen-bond acceptors (Lipinski definition) is 4. The summed E-state index contributed by atoms with van der Waals surface area (Å²) in [5.41, 5.74) is 0.628. The normalized spacial score (nSPS) is 18.1. The van der Waals surface area contributed by atoms with Gasteiger partial charge in [0.05, 0.1) is 15.4 Å². The van der Waals surface area contributed by atoms with E-state index < -0.39 is 39.6 Å². The van der Waals surface area contributed by atoms with Crippen LogP contribution in [0, 0.1) is 5.82 Å². The summed E-state index contributed by atoms with van der Waals surface area (Å²) in [4.78, 5) is 22.7. The molecule has 0 saturated carbocycles. The Morgan fingerprint density at radius 2 is 1.90 bits per heavy atom. The molecule has 1 unspecified atom stereocenters.